The average molecular weight is 324 g/mol. The molecule has 118 valence electrons. The highest BCUT2D eigenvalue weighted by Crippen LogP contribution is 2.21. The van der Waals surface area contributed by atoms with Crippen LogP contribution in [0.25, 0.3) is 10.9 Å². The molecule has 3 aromatic rings. The van der Waals surface area contributed by atoms with Crippen LogP contribution in [0.4, 0.5) is 0 Å². The van der Waals surface area contributed by atoms with Crippen molar-refractivity contribution in [3.63, 3.8) is 0 Å². The Labute approximate surface area is 140 Å². The minimum atomic E-state index is 0.0560. The van der Waals surface area contributed by atoms with Gasteiger partial charge in [-0.05, 0) is 43.7 Å². The normalized spacial score (nSPS) is 12.4. The van der Waals surface area contributed by atoms with Crippen LogP contribution in [0.3, 0.4) is 0 Å². The first-order valence-corrected chi connectivity index (χ1v) is 9.02. The lowest BCUT2D eigenvalue weighted by atomic mass is 10.1. The fraction of sp³-hybridized carbons (Fsp3) is 0.263. The van der Waals surface area contributed by atoms with Gasteiger partial charge in [0.1, 0.15) is 0 Å². The zero-order chi connectivity index (χ0) is 16.2. The number of rotatable bonds is 5. The van der Waals surface area contributed by atoms with Crippen LogP contribution in [0.5, 0.6) is 0 Å². The van der Waals surface area contributed by atoms with E-state index in [1.807, 2.05) is 41.2 Å². The van der Waals surface area contributed by atoms with Crippen molar-refractivity contribution in [3.8, 4) is 0 Å². The van der Waals surface area contributed by atoms with Crippen molar-refractivity contribution in [3.05, 3.63) is 70.5 Å². The second-order valence-electron chi connectivity index (χ2n) is 5.66. The molecule has 0 saturated heterocycles. The molecule has 0 aliphatic rings. The van der Waals surface area contributed by atoms with Gasteiger partial charge in [0, 0.05) is 6.04 Å². The number of aryl methyl sites for hydroxylation is 1. The van der Waals surface area contributed by atoms with E-state index in [9.17, 15) is 4.79 Å². The Morgan fingerprint density at radius 2 is 1.78 bits per heavy atom. The Balaban J connectivity index is 1.94. The maximum absolute atomic E-state index is 12.9. The summed E-state index contributed by atoms with van der Waals surface area (Å²) in [6.45, 7) is 2.10. The van der Waals surface area contributed by atoms with Crippen molar-refractivity contribution in [1.82, 2.24) is 9.55 Å². The highest BCUT2D eigenvalue weighted by atomic mass is 32.2. The van der Waals surface area contributed by atoms with E-state index in [4.69, 9.17) is 0 Å². The predicted molar refractivity (Wildman–Crippen MR) is 97.3 cm³/mol. The lowest BCUT2D eigenvalue weighted by molar-refractivity contribution is 0.451. The van der Waals surface area contributed by atoms with Gasteiger partial charge >= 0.3 is 0 Å². The number of hydrogen-bond donors (Lipinski definition) is 0. The summed E-state index contributed by atoms with van der Waals surface area (Å²) < 4.78 is 1.84. The third-order valence-corrected chi connectivity index (χ3v) is 4.75. The number of benzene rings is 2. The summed E-state index contributed by atoms with van der Waals surface area (Å²) in [6.07, 6.45) is 3.84. The number of hydrogen-bond acceptors (Lipinski definition) is 3. The molecule has 0 spiro atoms. The minimum Gasteiger partial charge on any atom is -0.284 e. The van der Waals surface area contributed by atoms with Crippen molar-refractivity contribution >= 4 is 22.7 Å². The second-order valence-corrected chi connectivity index (χ2v) is 6.44. The van der Waals surface area contributed by atoms with Gasteiger partial charge in [0.05, 0.1) is 10.9 Å². The Morgan fingerprint density at radius 1 is 1.09 bits per heavy atom. The smallest absolute Gasteiger partial charge is 0.262 e. The van der Waals surface area contributed by atoms with Crippen molar-refractivity contribution < 1.29 is 0 Å². The third-order valence-electron chi connectivity index (χ3n) is 4.09. The molecule has 23 heavy (non-hydrogen) atoms. The Morgan fingerprint density at radius 3 is 2.52 bits per heavy atom. The van der Waals surface area contributed by atoms with Crippen molar-refractivity contribution in [2.75, 3.05) is 6.26 Å². The van der Waals surface area contributed by atoms with Crippen LogP contribution in [-0.2, 0) is 6.42 Å². The van der Waals surface area contributed by atoms with Gasteiger partial charge in [0.25, 0.3) is 5.56 Å². The average Bonchev–Trinajstić information content (AvgIpc) is 2.60. The molecule has 1 aromatic heterocycles. The molecule has 2 aromatic carbocycles. The maximum Gasteiger partial charge on any atom is 0.262 e. The zero-order valence-electron chi connectivity index (χ0n) is 13.4. The molecular weight excluding hydrogens is 304 g/mol. The first-order chi connectivity index (χ1) is 11.2. The van der Waals surface area contributed by atoms with E-state index < -0.39 is 0 Å². The Hall–Kier alpha value is -2.07. The fourth-order valence-electron chi connectivity index (χ4n) is 2.81. The van der Waals surface area contributed by atoms with Crippen molar-refractivity contribution in [2.24, 2.45) is 0 Å². The molecule has 0 amide bonds. The SMILES string of the molecule is CSc1nc2ccccc2c(=O)n1C(C)CCc1ccccc1. The number of thioether (sulfide) groups is 1. The topological polar surface area (TPSA) is 34.9 Å². The van der Waals surface area contributed by atoms with Crippen molar-refractivity contribution in [1.29, 1.82) is 0 Å². The van der Waals surface area contributed by atoms with Crippen LogP contribution in [-0.4, -0.2) is 15.8 Å². The van der Waals surface area contributed by atoms with Crippen LogP contribution in [0, 0.1) is 0 Å². The molecule has 0 radical (unpaired) electrons. The van der Waals surface area contributed by atoms with Crippen molar-refractivity contribution in [2.45, 2.75) is 31.0 Å². The van der Waals surface area contributed by atoms with Gasteiger partial charge in [-0.25, -0.2) is 4.98 Å². The molecular formula is C19H20N2OS. The number of fused-ring (bicyclic) bond motifs is 1. The first-order valence-electron chi connectivity index (χ1n) is 7.80. The van der Waals surface area contributed by atoms with Crippen LogP contribution in [0.2, 0.25) is 0 Å². The molecule has 3 rings (SSSR count). The van der Waals surface area contributed by atoms with Gasteiger partial charge in [-0.2, -0.15) is 0 Å². The summed E-state index contributed by atoms with van der Waals surface area (Å²) >= 11 is 1.53. The van der Waals surface area contributed by atoms with E-state index in [1.54, 1.807) is 0 Å². The zero-order valence-corrected chi connectivity index (χ0v) is 14.2. The summed E-state index contributed by atoms with van der Waals surface area (Å²) in [7, 11) is 0. The summed E-state index contributed by atoms with van der Waals surface area (Å²) in [5.41, 5.74) is 2.13. The number of nitrogens with zero attached hydrogens (tertiary/aromatic N) is 2. The van der Waals surface area contributed by atoms with Crippen LogP contribution in [0.1, 0.15) is 24.9 Å². The standard InChI is InChI=1S/C19H20N2OS/c1-14(12-13-15-8-4-3-5-9-15)21-18(22)16-10-6-7-11-17(16)20-19(21)23-2/h3-11,14H,12-13H2,1-2H3. The molecule has 0 N–H and O–H groups in total. The maximum atomic E-state index is 12.9. The molecule has 1 atom stereocenters. The molecule has 0 fully saturated rings. The van der Waals surface area contributed by atoms with Crippen LogP contribution >= 0.6 is 11.8 Å². The fourth-order valence-corrected chi connectivity index (χ4v) is 3.46. The summed E-state index contributed by atoms with van der Waals surface area (Å²) in [4.78, 5) is 17.5. The lowest BCUT2D eigenvalue weighted by Gasteiger charge is -2.19. The van der Waals surface area contributed by atoms with Gasteiger partial charge in [0.2, 0.25) is 0 Å². The van der Waals surface area contributed by atoms with E-state index in [0.717, 1.165) is 23.5 Å². The predicted octanol–water partition coefficient (Wildman–Crippen LogP) is 4.31. The first kappa shape index (κ1) is 15.8. The summed E-state index contributed by atoms with van der Waals surface area (Å²) in [5, 5.41) is 1.48. The largest absolute Gasteiger partial charge is 0.284 e. The highest BCUT2D eigenvalue weighted by Gasteiger charge is 2.15. The lowest BCUT2D eigenvalue weighted by Crippen LogP contribution is -2.26. The Kier molecular flexibility index (Phi) is 4.82. The summed E-state index contributed by atoms with van der Waals surface area (Å²) in [6, 6.07) is 18.1. The van der Waals surface area contributed by atoms with E-state index in [0.29, 0.717) is 5.39 Å². The quantitative estimate of drug-likeness (QED) is 0.518. The molecule has 0 bridgehead atoms. The molecule has 1 heterocycles. The van der Waals surface area contributed by atoms with E-state index in [-0.39, 0.29) is 11.6 Å². The molecule has 0 aliphatic heterocycles. The van der Waals surface area contributed by atoms with E-state index in [1.165, 1.54) is 17.3 Å². The van der Waals surface area contributed by atoms with Crippen LogP contribution < -0.4 is 5.56 Å². The monoisotopic (exact) mass is 324 g/mol. The minimum absolute atomic E-state index is 0.0560. The molecule has 0 aliphatic carbocycles. The van der Waals surface area contributed by atoms with Gasteiger partial charge in [-0.3, -0.25) is 9.36 Å². The third kappa shape index (κ3) is 3.32. The van der Waals surface area contributed by atoms with Gasteiger partial charge in [-0.1, -0.05) is 54.2 Å². The summed E-state index contributed by atoms with van der Waals surface area (Å²) in [5.74, 6) is 0. The second kappa shape index (κ2) is 7.01. The van der Waals surface area contributed by atoms with E-state index in [2.05, 4.69) is 36.2 Å². The molecule has 4 heteroatoms. The molecule has 3 nitrogen and oxygen atoms in total. The van der Waals surface area contributed by atoms with Gasteiger partial charge in [-0.15, -0.1) is 0 Å². The van der Waals surface area contributed by atoms with Gasteiger partial charge < -0.3 is 0 Å². The number of aromatic nitrogens is 2. The Bertz CT molecular complexity index is 858. The number of para-hydroxylation sites is 1. The molecule has 0 saturated carbocycles. The molecule has 1 unspecified atom stereocenters. The van der Waals surface area contributed by atoms with Gasteiger partial charge in [0.15, 0.2) is 5.16 Å². The van der Waals surface area contributed by atoms with E-state index >= 15 is 0 Å². The highest BCUT2D eigenvalue weighted by molar-refractivity contribution is 7.98. The van der Waals surface area contributed by atoms with Crippen LogP contribution in [0.15, 0.2) is 64.5 Å².